The van der Waals surface area contributed by atoms with E-state index in [0.29, 0.717) is 5.11 Å². The highest BCUT2D eigenvalue weighted by Crippen LogP contribution is 2.20. The van der Waals surface area contributed by atoms with E-state index in [1.54, 1.807) is 0 Å². The maximum Gasteiger partial charge on any atom is 0.179 e. The highest BCUT2D eigenvalue weighted by Gasteiger charge is 2.27. The van der Waals surface area contributed by atoms with Crippen LogP contribution in [0.1, 0.15) is 36.8 Å². The molecule has 0 saturated carbocycles. The van der Waals surface area contributed by atoms with E-state index in [1.807, 2.05) is 29.2 Å². The maximum absolute atomic E-state index is 5.99. The summed E-state index contributed by atoms with van der Waals surface area (Å²) in [6.07, 6.45) is 6.64. The molecule has 188 valence electrons. The van der Waals surface area contributed by atoms with Gasteiger partial charge in [0.05, 0.1) is 6.61 Å². The third-order valence-corrected chi connectivity index (χ3v) is 7.18. The number of thiocarbonyl (C=S) groups is 2. The molecule has 0 radical (unpaired) electrons. The minimum Gasteiger partial charge on any atom is -0.494 e. The number of nitrogens with one attached hydrogen (secondary N) is 1. The quantitative estimate of drug-likeness (QED) is 0.212. The largest absolute Gasteiger partial charge is 0.494 e. The first kappa shape index (κ1) is 26.1. The lowest BCUT2D eigenvalue weighted by molar-refractivity contribution is 0.305. The number of hydrogen-bond acceptors (Lipinski definition) is 3. The molecule has 0 aromatic heterocycles. The monoisotopic (exact) mass is 517 g/mol. The second kappa shape index (κ2) is 14.0. The molecule has 0 bridgehead atoms. The number of anilines is 1. The van der Waals surface area contributed by atoms with Crippen LogP contribution >= 0.6 is 24.4 Å². The van der Waals surface area contributed by atoms with Crippen LogP contribution in [-0.4, -0.2) is 46.3 Å². The van der Waals surface area contributed by atoms with Crippen molar-refractivity contribution in [2.24, 2.45) is 0 Å². The molecule has 3 aromatic rings. The molecule has 4 nitrogen and oxygen atoms in total. The molecule has 1 heterocycles. The molecule has 0 unspecified atom stereocenters. The van der Waals surface area contributed by atoms with Gasteiger partial charge in [0.2, 0.25) is 0 Å². The Hall–Kier alpha value is -2.96. The Morgan fingerprint density at radius 1 is 0.778 bits per heavy atom. The van der Waals surface area contributed by atoms with Crippen molar-refractivity contribution in [3.8, 4) is 5.75 Å². The Labute approximate surface area is 226 Å². The molecule has 1 aliphatic rings. The van der Waals surface area contributed by atoms with Crippen LogP contribution < -0.4 is 10.1 Å². The fourth-order valence-electron chi connectivity index (χ4n) is 4.39. The van der Waals surface area contributed by atoms with E-state index in [1.165, 1.54) is 17.5 Å². The number of rotatable bonds is 12. The molecular formula is C30H35N3OS2. The molecule has 0 aliphatic carbocycles. The molecule has 4 rings (SSSR count). The first-order valence-electron chi connectivity index (χ1n) is 12.9. The van der Waals surface area contributed by atoms with Crippen molar-refractivity contribution in [3.63, 3.8) is 0 Å². The lowest BCUT2D eigenvalue weighted by Crippen LogP contribution is -2.38. The summed E-state index contributed by atoms with van der Waals surface area (Å²) in [4.78, 5) is 4.27. The fourth-order valence-corrected chi connectivity index (χ4v) is 5.11. The second-order valence-corrected chi connectivity index (χ2v) is 9.86. The molecule has 36 heavy (non-hydrogen) atoms. The van der Waals surface area contributed by atoms with E-state index < -0.39 is 0 Å². The minimum atomic E-state index is 0.642. The van der Waals surface area contributed by atoms with Crippen molar-refractivity contribution in [1.82, 2.24) is 9.80 Å². The molecule has 1 fully saturated rings. The van der Waals surface area contributed by atoms with Gasteiger partial charge in [0.25, 0.3) is 0 Å². The zero-order valence-corrected chi connectivity index (χ0v) is 22.4. The molecule has 1 aliphatic heterocycles. The Morgan fingerprint density at radius 2 is 1.47 bits per heavy atom. The number of ether oxygens (including phenoxy) is 1. The van der Waals surface area contributed by atoms with Gasteiger partial charge in [-0.05, 0) is 86.2 Å². The van der Waals surface area contributed by atoms with Gasteiger partial charge in [-0.2, -0.15) is 0 Å². The Bertz CT molecular complexity index is 1110. The number of nitrogens with zero attached hydrogens (tertiary/aromatic N) is 2. The summed E-state index contributed by atoms with van der Waals surface area (Å²) in [6.45, 7) is 3.39. The zero-order chi connectivity index (χ0) is 25.0. The van der Waals surface area contributed by atoms with Gasteiger partial charge < -0.3 is 15.0 Å². The zero-order valence-electron chi connectivity index (χ0n) is 20.8. The predicted octanol–water partition coefficient (Wildman–Crippen LogP) is 6.71. The maximum atomic E-state index is 5.99. The van der Waals surface area contributed by atoms with Crippen molar-refractivity contribution in [3.05, 3.63) is 96.1 Å². The van der Waals surface area contributed by atoms with E-state index in [-0.39, 0.29) is 0 Å². The lowest BCUT2D eigenvalue weighted by Gasteiger charge is -2.23. The molecule has 0 spiro atoms. The Balaban J connectivity index is 1.16. The summed E-state index contributed by atoms with van der Waals surface area (Å²) in [5.74, 6) is 0.859. The first-order valence-corrected chi connectivity index (χ1v) is 13.7. The Morgan fingerprint density at radius 3 is 2.19 bits per heavy atom. The van der Waals surface area contributed by atoms with Crippen molar-refractivity contribution >= 4 is 40.3 Å². The molecule has 1 saturated heterocycles. The molecule has 0 amide bonds. The molecule has 6 heteroatoms. The van der Waals surface area contributed by atoms with Gasteiger partial charge in [-0.1, -0.05) is 66.7 Å². The van der Waals surface area contributed by atoms with Crippen LogP contribution in [-0.2, 0) is 12.8 Å². The smallest absolute Gasteiger partial charge is 0.179 e. The average molecular weight is 518 g/mol. The van der Waals surface area contributed by atoms with Gasteiger partial charge in [-0.25, -0.2) is 0 Å². The van der Waals surface area contributed by atoms with Crippen molar-refractivity contribution in [2.75, 3.05) is 31.6 Å². The van der Waals surface area contributed by atoms with Crippen LogP contribution in [0.25, 0.3) is 0 Å². The number of hydrogen-bond donors (Lipinski definition) is 1. The summed E-state index contributed by atoms with van der Waals surface area (Å²) >= 11 is 11.4. The lowest BCUT2D eigenvalue weighted by atomic mass is 10.1. The number of aryl methyl sites for hydroxylation is 2. The highest BCUT2D eigenvalue weighted by molar-refractivity contribution is 7.82. The summed E-state index contributed by atoms with van der Waals surface area (Å²) in [5.41, 5.74) is 3.69. The molecular weight excluding hydrogens is 482 g/mol. The normalized spacial score (nSPS) is 13.2. The second-order valence-electron chi connectivity index (χ2n) is 9.11. The van der Waals surface area contributed by atoms with Gasteiger partial charge in [0.1, 0.15) is 5.75 Å². The van der Waals surface area contributed by atoms with Gasteiger partial charge in [0.15, 0.2) is 10.2 Å². The topological polar surface area (TPSA) is 27.7 Å². The third-order valence-electron chi connectivity index (χ3n) is 6.38. The summed E-state index contributed by atoms with van der Waals surface area (Å²) in [7, 11) is 0. The number of benzene rings is 3. The molecule has 3 aromatic carbocycles. The minimum absolute atomic E-state index is 0.642. The van der Waals surface area contributed by atoms with Gasteiger partial charge in [0, 0.05) is 31.4 Å². The summed E-state index contributed by atoms with van der Waals surface area (Å²) in [5, 5.41) is 4.80. The van der Waals surface area contributed by atoms with Crippen LogP contribution in [0, 0.1) is 0 Å². The van der Waals surface area contributed by atoms with Crippen LogP contribution in [0.3, 0.4) is 0 Å². The van der Waals surface area contributed by atoms with Crippen LogP contribution in [0.4, 0.5) is 5.69 Å². The average Bonchev–Trinajstić information content (AvgIpc) is 3.28. The van der Waals surface area contributed by atoms with Gasteiger partial charge >= 0.3 is 0 Å². The van der Waals surface area contributed by atoms with E-state index in [2.05, 4.69) is 70.9 Å². The Kier molecular flexibility index (Phi) is 10.1. The van der Waals surface area contributed by atoms with Crippen molar-refractivity contribution in [1.29, 1.82) is 0 Å². The first-order chi connectivity index (χ1) is 17.7. The van der Waals surface area contributed by atoms with E-state index in [0.717, 1.165) is 74.9 Å². The third kappa shape index (κ3) is 8.04. The summed E-state index contributed by atoms with van der Waals surface area (Å²) < 4.78 is 5.99. The summed E-state index contributed by atoms with van der Waals surface area (Å²) in [6, 6.07) is 29.3. The standard InChI is InChI=1S/C30H35N3OS2/c35-29(33-22-21-32(30(33)36)20-11-17-26-14-6-2-7-15-26)31-27-18-10-19-28(24-27)34-23-9-3-8-16-25-12-4-1-5-13-25/h1-2,4-7,10,12-15,18-19,24H,3,8-9,11,16-17,20-23H2,(H,31,35). The van der Waals surface area contributed by atoms with Gasteiger partial charge in [-0.3, -0.25) is 4.90 Å². The fraction of sp³-hybridized carbons (Fsp3) is 0.333. The van der Waals surface area contributed by atoms with Crippen molar-refractivity contribution < 1.29 is 4.74 Å². The SMILES string of the molecule is S=C(Nc1cccc(OCCCCCc2ccccc2)c1)N1CCN(CCCc2ccccc2)C1=S. The van der Waals surface area contributed by atoms with E-state index >= 15 is 0 Å². The molecule has 1 N–H and O–H groups in total. The van der Waals surface area contributed by atoms with Crippen LogP contribution in [0.5, 0.6) is 5.75 Å². The van der Waals surface area contributed by atoms with Crippen LogP contribution in [0.15, 0.2) is 84.9 Å². The van der Waals surface area contributed by atoms with Gasteiger partial charge in [-0.15, -0.1) is 0 Å². The molecule has 0 atom stereocenters. The van der Waals surface area contributed by atoms with Crippen molar-refractivity contribution in [2.45, 2.75) is 38.5 Å². The van der Waals surface area contributed by atoms with Crippen LogP contribution in [0.2, 0.25) is 0 Å². The number of unbranched alkanes of at least 4 members (excludes halogenated alkanes) is 2. The highest BCUT2D eigenvalue weighted by atomic mass is 32.1. The predicted molar refractivity (Wildman–Crippen MR) is 158 cm³/mol. The van der Waals surface area contributed by atoms with E-state index in [4.69, 9.17) is 29.2 Å². The van der Waals surface area contributed by atoms with E-state index in [9.17, 15) is 0 Å².